The highest BCUT2D eigenvalue weighted by Crippen LogP contribution is 2.11. The Morgan fingerprint density at radius 1 is 1.45 bits per heavy atom. The maximum atomic E-state index is 11.9. The molecule has 0 bridgehead atoms. The summed E-state index contributed by atoms with van der Waals surface area (Å²) in [6.07, 6.45) is 3.35. The number of nitrogens with two attached hydrogens (primary N) is 1. The van der Waals surface area contributed by atoms with E-state index in [2.05, 4.69) is 22.6 Å². The van der Waals surface area contributed by atoms with E-state index >= 15 is 0 Å². The van der Waals surface area contributed by atoms with E-state index in [4.69, 9.17) is 5.73 Å². The monoisotopic (exact) mass is 273 g/mol. The van der Waals surface area contributed by atoms with Gasteiger partial charge in [0.05, 0.1) is 5.69 Å². The standard InChI is InChI=1S/C14H19N5O/c1-2-11-4-3-5-12(8-11)16-14(20)10-19-9-13(6-7-15)17-18-19/h3-5,8-9H,2,6-7,10,15H2,1H3,(H,16,20). The molecule has 0 atom stereocenters. The van der Waals surface area contributed by atoms with Crippen LogP contribution in [0.15, 0.2) is 30.5 Å². The Morgan fingerprint density at radius 3 is 3.05 bits per heavy atom. The lowest BCUT2D eigenvalue weighted by molar-refractivity contribution is -0.116. The molecule has 1 aromatic heterocycles. The molecule has 1 heterocycles. The van der Waals surface area contributed by atoms with Crippen LogP contribution in [0.3, 0.4) is 0 Å². The van der Waals surface area contributed by atoms with Gasteiger partial charge in [0, 0.05) is 18.3 Å². The van der Waals surface area contributed by atoms with Gasteiger partial charge in [0.15, 0.2) is 0 Å². The molecule has 0 radical (unpaired) electrons. The average molecular weight is 273 g/mol. The van der Waals surface area contributed by atoms with Crippen molar-refractivity contribution in [3.8, 4) is 0 Å². The molecule has 6 nitrogen and oxygen atoms in total. The number of benzene rings is 1. The first-order chi connectivity index (χ1) is 9.71. The summed E-state index contributed by atoms with van der Waals surface area (Å²) in [6.45, 7) is 2.75. The lowest BCUT2D eigenvalue weighted by Crippen LogP contribution is -2.19. The van der Waals surface area contributed by atoms with Crippen molar-refractivity contribution in [3.05, 3.63) is 41.7 Å². The number of aryl methyl sites for hydroxylation is 1. The van der Waals surface area contributed by atoms with Crippen LogP contribution in [0.25, 0.3) is 0 Å². The molecule has 2 rings (SSSR count). The molecule has 2 aromatic rings. The average Bonchev–Trinajstić information content (AvgIpc) is 2.86. The number of nitrogens with zero attached hydrogens (tertiary/aromatic N) is 3. The first-order valence-electron chi connectivity index (χ1n) is 6.69. The van der Waals surface area contributed by atoms with E-state index in [-0.39, 0.29) is 12.5 Å². The molecule has 0 aliphatic carbocycles. The first kappa shape index (κ1) is 14.2. The molecule has 3 N–H and O–H groups in total. The van der Waals surface area contributed by atoms with Crippen LogP contribution in [0.4, 0.5) is 5.69 Å². The molecule has 0 aliphatic rings. The Labute approximate surface area is 118 Å². The summed E-state index contributed by atoms with van der Waals surface area (Å²) < 4.78 is 1.52. The van der Waals surface area contributed by atoms with E-state index in [1.807, 2.05) is 24.3 Å². The second kappa shape index (κ2) is 6.81. The fraction of sp³-hybridized carbons (Fsp3) is 0.357. The molecule has 1 aromatic carbocycles. The Hall–Kier alpha value is -2.21. The van der Waals surface area contributed by atoms with E-state index in [0.29, 0.717) is 13.0 Å². The largest absolute Gasteiger partial charge is 0.330 e. The van der Waals surface area contributed by atoms with Crippen LogP contribution in [-0.4, -0.2) is 27.4 Å². The number of rotatable bonds is 6. The zero-order valence-corrected chi connectivity index (χ0v) is 11.5. The van der Waals surface area contributed by atoms with Crippen LogP contribution in [0.2, 0.25) is 0 Å². The van der Waals surface area contributed by atoms with Gasteiger partial charge in [-0.3, -0.25) is 4.79 Å². The maximum absolute atomic E-state index is 11.9. The fourth-order valence-corrected chi connectivity index (χ4v) is 1.89. The van der Waals surface area contributed by atoms with Crippen LogP contribution >= 0.6 is 0 Å². The van der Waals surface area contributed by atoms with Gasteiger partial charge in [-0.15, -0.1) is 5.10 Å². The normalized spacial score (nSPS) is 10.5. The van der Waals surface area contributed by atoms with Crippen molar-refractivity contribution in [1.82, 2.24) is 15.0 Å². The highest BCUT2D eigenvalue weighted by Gasteiger charge is 2.06. The molecular weight excluding hydrogens is 254 g/mol. The summed E-state index contributed by atoms with van der Waals surface area (Å²) in [5.41, 5.74) is 8.23. The summed E-state index contributed by atoms with van der Waals surface area (Å²) in [5, 5.41) is 10.7. The second-order valence-corrected chi connectivity index (χ2v) is 4.55. The minimum atomic E-state index is -0.123. The number of carbonyl (C=O) groups is 1. The van der Waals surface area contributed by atoms with E-state index in [1.54, 1.807) is 6.20 Å². The number of amides is 1. The third kappa shape index (κ3) is 3.89. The van der Waals surface area contributed by atoms with Gasteiger partial charge in [-0.05, 0) is 30.7 Å². The molecular formula is C14H19N5O. The second-order valence-electron chi connectivity index (χ2n) is 4.55. The van der Waals surface area contributed by atoms with E-state index in [0.717, 1.165) is 17.8 Å². The van der Waals surface area contributed by atoms with Crippen molar-refractivity contribution in [3.63, 3.8) is 0 Å². The highest BCUT2D eigenvalue weighted by atomic mass is 16.2. The predicted octanol–water partition coefficient (Wildman–Crippen LogP) is 0.980. The van der Waals surface area contributed by atoms with E-state index in [9.17, 15) is 4.79 Å². The summed E-state index contributed by atoms with van der Waals surface area (Å²) >= 11 is 0. The van der Waals surface area contributed by atoms with Crippen molar-refractivity contribution < 1.29 is 4.79 Å². The number of nitrogens with one attached hydrogen (secondary N) is 1. The molecule has 0 aliphatic heterocycles. The van der Waals surface area contributed by atoms with Gasteiger partial charge in [-0.1, -0.05) is 24.3 Å². The zero-order chi connectivity index (χ0) is 14.4. The smallest absolute Gasteiger partial charge is 0.246 e. The third-order valence-electron chi connectivity index (χ3n) is 2.91. The summed E-state index contributed by atoms with van der Waals surface area (Å²) in [7, 11) is 0. The molecule has 0 saturated carbocycles. The summed E-state index contributed by atoms with van der Waals surface area (Å²) in [4.78, 5) is 11.9. The quantitative estimate of drug-likeness (QED) is 0.821. The van der Waals surface area contributed by atoms with Crippen LogP contribution in [0, 0.1) is 0 Å². The molecule has 0 unspecified atom stereocenters. The van der Waals surface area contributed by atoms with Crippen molar-refractivity contribution in [2.45, 2.75) is 26.3 Å². The number of anilines is 1. The van der Waals surface area contributed by atoms with Crippen molar-refractivity contribution in [1.29, 1.82) is 0 Å². The van der Waals surface area contributed by atoms with E-state index < -0.39 is 0 Å². The molecule has 1 amide bonds. The van der Waals surface area contributed by atoms with Crippen molar-refractivity contribution in [2.75, 3.05) is 11.9 Å². The topological polar surface area (TPSA) is 85.8 Å². The SMILES string of the molecule is CCc1cccc(NC(=O)Cn2cc(CCN)nn2)c1. The first-order valence-corrected chi connectivity index (χ1v) is 6.69. The lowest BCUT2D eigenvalue weighted by Gasteiger charge is -2.06. The Morgan fingerprint density at radius 2 is 2.30 bits per heavy atom. The van der Waals surface area contributed by atoms with Gasteiger partial charge in [-0.25, -0.2) is 4.68 Å². The Bertz CT molecular complexity index is 578. The van der Waals surface area contributed by atoms with Gasteiger partial charge < -0.3 is 11.1 Å². The van der Waals surface area contributed by atoms with Gasteiger partial charge in [0.2, 0.25) is 5.91 Å². The van der Waals surface area contributed by atoms with Gasteiger partial charge in [0.1, 0.15) is 6.54 Å². The predicted molar refractivity (Wildman–Crippen MR) is 77.2 cm³/mol. The third-order valence-corrected chi connectivity index (χ3v) is 2.91. The fourth-order valence-electron chi connectivity index (χ4n) is 1.89. The van der Waals surface area contributed by atoms with E-state index in [1.165, 1.54) is 10.2 Å². The number of hydrogen-bond donors (Lipinski definition) is 2. The summed E-state index contributed by atoms with van der Waals surface area (Å²) in [6, 6.07) is 7.81. The number of carbonyl (C=O) groups excluding carboxylic acids is 1. The molecule has 0 spiro atoms. The van der Waals surface area contributed by atoms with Gasteiger partial charge >= 0.3 is 0 Å². The molecule has 0 fully saturated rings. The lowest BCUT2D eigenvalue weighted by atomic mass is 10.1. The van der Waals surface area contributed by atoms with Crippen LogP contribution < -0.4 is 11.1 Å². The summed E-state index contributed by atoms with van der Waals surface area (Å²) in [5.74, 6) is -0.123. The molecule has 6 heteroatoms. The van der Waals surface area contributed by atoms with Gasteiger partial charge in [-0.2, -0.15) is 0 Å². The van der Waals surface area contributed by atoms with Gasteiger partial charge in [0.25, 0.3) is 0 Å². The van der Waals surface area contributed by atoms with Crippen molar-refractivity contribution in [2.24, 2.45) is 5.73 Å². The minimum Gasteiger partial charge on any atom is -0.330 e. The molecule has 20 heavy (non-hydrogen) atoms. The Kier molecular flexibility index (Phi) is 4.84. The van der Waals surface area contributed by atoms with Crippen LogP contribution in [-0.2, 0) is 24.2 Å². The van der Waals surface area contributed by atoms with Crippen LogP contribution in [0.1, 0.15) is 18.2 Å². The zero-order valence-electron chi connectivity index (χ0n) is 11.5. The number of hydrogen-bond acceptors (Lipinski definition) is 4. The molecule has 106 valence electrons. The minimum absolute atomic E-state index is 0.123. The number of aromatic nitrogens is 3. The maximum Gasteiger partial charge on any atom is 0.246 e. The Balaban J connectivity index is 1.94. The van der Waals surface area contributed by atoms with Crippen molar-refractivity contribution >= 4 is 11.6 Å². The highest BCUT2D eigenvalue weighted by molar-refractivity contribution is 5.90. The molecule has 0 saturated heterocycles. The van der Waals surface area contributed by atoms with Crippen LogP contribution in [0.5, 0.6) is 0 Å².